The highest BCUT2D eigenvalue weighted by atomic mass is 16.7. The normalized spacial score (nSPS) is 19.9. The van der Waals surface area contributed by atoms with Crippen LogP contribution in [0, 0.1) is 5.41 Å². The van der Waals surface area contributed by atoms with Gasteiger partial charge in [0.15, 0.2) is 0 Å². The molecule has 1 aliphatic heterocycles. The van der Waals surface area contributed by atoms with Gasteiger partial charge in [0, 0.05) is 24.0 Å². The van der Waals surface area contributed by atoms with Gasteiger partial charge < -0.3 is 20.0 Å². The second-order valence-electron chi connectivity index (χ2n) is 6.11. The molecule has 0 aromatic heterocycles. The second-order valence-corrected chi connectivity index (χ2v) is 6.11. The van der Waals surface area contributed by atoms with E-state index in [1.54, 1.807) is 0 Å². The summed E-state index contributed by atoms with van der Waals surface area (Å²) in [6.45, 7) is 11.0. The average molecular weight is 274 g/mol. The van der Waals surface area contributed by atoms with Crippen molar-refractivity contribution in [3.63, 3.8) is 0 Å². The Bertz CT molecular complexity index is 499. The maximum atomic E-state index is 7.54. The molecule has 0 spiro atoms. The zero-order valence-electron chi connectivity index (χ0n) is 12.9. The number of hydrogen-bond acceptors (Lipinski definition) is 4. The molecule has 1 saturated heterocycles. The lowest BCUT2D eigenvalue weighted by Gasteiger charge is -2.32. The van der Waals surface area contributed by atoms with Crippen LogP contribution in [0.1, 0.15) is 40.2 Å². The molecule has 1 fully saturated rings. The lowest BCUT2D eigenvalue weighted by Crippen LogP contribution is -2.41. The summed E-state index contributed by atoms with van der Waals surface area (Å²) in [5.41, 5.74) is 2.07. The first-order chi connectivity index (χ1) is 9.30. The summed E-state index contributed by atoms with van der Waals surface area (Å²) in [7, 11) is -0.380. The van der Waals surface area contributed by atoms with Gasteiger partial charge in [-0.3, -0.25) is 0 Å². The molecule has 0 radical (unpaired) electrons. The predicted octanol–water partition coefficient (Wildman–Crippen LogP) is 2.42. The van der Waals surface area contributed by atoms with E-state index in [1.807, 2.05) is 52.8 Å². The number of rotatable bonds is 4. The highest BCUT2D eigenvalue weighted by Gasteiger charge is 2.51. The third-order valence-corrected chi connectivity index (χ3v) is 4.12. The molecule has 5 heteroatoms. The van der Waals surface area contributed by atoms with Gasteiger partial charge in [0.2, 0.25) is 0 Å². The van der Waals surface area contributed by atoms with E-state index in [4.69, 9.17) is 14.7 Å². The van der Waals surface area contributed by atoms with E-state index in [2.05, 4.69) is 5.32 Å². The summed E-state index contributed by atoms with van der Waals surface area (Å²) in [6.07, 6.45) is 1.35. The molecular formula is C15H23BN2O2. The third kappa shape index (κ3) is 2.60. The molecular weight excluding hydrogens is 251 g/mol. The van der Waals surface area contributed by atoms with Crippen molar-refractivity contribution in [2.75, 3.05) is 11.9 Å². The van der Waals surface area contributed by atoms with E-state index in [0.717, 1.165) is 23.3 Å². The Balaban J connectivity index is 2.29. The highest BCUT2D eigenvalue weighted by molar-refractivity contribution is 6.62. The Hall–Kier alpha value is -1.33. The van der Waals surface area contributed by atoms with Crippen LogP contribution in [0.25, 0.3) is 0 Å². The van der Waals surface area contributed by atoms with Crippen LogP contribution in [0.2, 0.25) is 0 Å². The molecule has 20 heavy (non-hydrogen) atoms. The molecule has 108 valence electrons. The van der Waals surface area contributed by atoms with Crippen molar-refractivity contribution in [1.29, 1.82) is 5.41 Å². The largest absolute Gasteiger partial charge is 0.494 e. The van der Waals surface area contributed by atoms with E-state index >= 15 is 0 Å². The van der Waals surface area contributed by atoms with Crippen molar-refractivity contribution < 1.29 is 9.31 Å². The topological polar surface area (TPSA) is 54.3 Å². The van der Waals surface area contributed by atoms with Crippen LogP contribution in [0.15, 0.2) is 18.2 Å². The standard InChI is InChI=1S/C15H23BN2O2/c1-6-18-13-8-7-12(9-11(13)10-17)16-19-14(2,3)15(4,5)20-16/h7-10,17-18H,6H2,1-5H3. The average Bonchev–Trinajstić information content (AvgIpc) is 2.59. The fraction of sp³-hybridized carbons (Fsp3) is 0.533. The summed E-state index contributed by atoms with van der Waals surface area (Å²) in [5, 5.41) is 10.8. The van der Waals surface area contributed by atoms with Gasteiger partial charge in [-0.25, -0.2) is 0 Å². The zero-order valence-corrected chi connectivity index (χ0v) is 12.9. The maximum absolute atomic E-state index is 7.54. The minimum atomic E-state index is -0.380. The minimum Gasteiger partial charge on any atom is -0.399 e. The van der Waals surface area contributed by atoms with Gasteiger partial charge in [0.05, 0.1) is 11.2 Å². The van der Waals surface area contributed by atoms with E-state index in [1.165, 1.54) is 6.21 Å². The van der Waals surface area contributed by atoms with Gasteiger partial charge in [-0.05, 0) is 46.1 Å². The van der Waals surface area contributed by atoms with Gasteiger partial charge in [-0.15, -0.1) is 0 Å². The molecule has 1 aromatic carbocycles. The van der Waals surface area contributed by atoms with Crippen LogP contribution in [0.3, 0.4) is 0 Å². The Morgan fingerprint density at radius 1 is 1.20 bits per heavy atom. The zero-order chi connectivity index (χ0) is 15.0. The van der Waals surface area contributed by atoms with Crippen LogP contribution in [-0.2, 0) is 9.31 Å². The summed E-state index contributed by atoms with van der Waals surface area (Å²) < 4.78 is 12.1. The fourth-order valence-corrected chi connectivity index (χ4v) is 2.18. The van der Waals surface area contributed by atoms with Crippen LogP contribution >= 0.6 is 0 Å². The molecule has 0 aliphatic carbocycles. The second kappa shape index (κ2) is 5.22. The molecule has 1 aliphatic rings. The van der Waals surface area contributed by atoms with Gasteiger partial charge in [-0.1, -0.05) is 12.1 Å². The molecule has 0 saturated carbocycles. The van der Waals surface area contributed by atoms with Crippen molar-refractivity contribution in [3.05, 3.63) is 23.8 Å². The smallest absolute Gasteiger partial charge is 0.399 e. The van der Waals surface area contributed by atoms with E-state index in [0.29, 0.717) is 0 Å². The van der Waals surface area contributed by atoms with Gasteiger partial charge >= 0.3 is 7.12 Å². The number of nitrogens with one attached hydrogen (secondary N) is 2. The van der Waals surface area contributed by atoms with E-state index in [9.17, 15) is 0 Å². The van der Waals surface area contributed by atoms with E-state index < -0.39 is 0 Å². The van der Waals surface area contributed by atoms with Gasteiger partial charge in [0.25, 0.3) is 0 Å². The molecule has 0 atom stereocenters. The van der Waals surface area contributed by atoms with Crippen molar-refractivity contribution >= 4 is 24.5 Å². The molecule has 2 rings (SSSR count). The van der Waals surface area contributed by atoms with Crippen LogP contribution < -0.4 is 10.8 Å². The number of anilines is 1. The molecule has 1 aromatic rings. The third-order valence-electron chi connectivity index (χ3n) is 4.12. The van der Waals surface area contributed by atoms with Crippen LogP contribution in [-0.4, -0.2) is 31.1 Å². The van der Waals surface area contributed by atoms with Gasteiger partial charge in [0.1, 0.15) is 0 Å². The summed E-state index contributed by atoms with van der Waals surface area (Å²) in [4.78, 5) is 0. The first kappa shape index (κ1) is 15.1. The van der Waals surface area contributed by atoms with E-state index in [-0.39, 0.29) is 18.3 Å². The Kier molecular flexibility index (Phi) is 3.94. The summed E-state index contributed by atoms with van der Waals surface area (Å²) in [5.74, 6) is 0. The quantitative estimate of drug-likeness (QED) is 0.655. The molecule has 2 N–H and O–H groups in total. The Morgan fingerprint density at radius 2 is 1.80 bits per heavy atom. The first-order valence-corrected chi connectivity index (χ1v) is 7.04. The molecule has 0 unspecified atom stereocenters. The number of benzene rings is 1. The first-order valence-electron chi connectivity index (χ1n) is 7.04. The summed E-state index contributed by atoms with van der Waals surface area (Å²) in [6, 6.07) is 5.92. The SMILES string of the molecule is CCNc1ccc(B2OC(C)(C)C(C)(C)O2)cc1C=N. The van der Waals surface area contributed by atoms with Crippen molar-refractivity contribution in [1.82, 2.24) is 0 Å². The predicted molar refractivity (Wildman–Crippen MR) is 84.2 cm³/mol. The highest BCUT2D eigenvalue weighted by Crippen LogP contribution is 2.36. The summed E-state index contributed by atoms with van der Waals surface area (Å²) >= 11 is 0. The Morgan fingerprint density at radius 3 is 2.30 bits per heavy atom. The number of hydrogen-bond donors (Lipinski definition) is 2. The van der Waals surface area contributed by atoms with Crippen molar-refractivity contribution in [2.24, 2.45) is 0 Å². The fourth-order valence-electron chi connectivity index (χ4n) is 2.18. The van der Waals surface area contributed by atoms with Crippen molar-refractivity contribution in [3.8, 4) is 0 Å². The van der Waals surface area contributed by atoms with Crippen LogP contribution in [0.4, 0.5) is 5.69 Å². The lowest BCUT2D eigenvalue weighted by molar-refractivity contribution is 0.00578. The Labute approximate surface area is 121 Å². The monoisotopic (exact) mass is 274 g/mol. The molecule has 0 bridgehead atoms. The van der Waals surface area contributed by atoms with Crippen molar-refractivity contribution in [2.45, 2.75) is 45.8 Å². The molecule has 4 nitrogen and oxygen atoms in total. The molecule has 1 heterocycles. The maximum Gasteiger partial charge on any atom is 0.494 e. The van der Waals surface area contributed by atoms with Gasteiger partial charge in [-0.2, -0.15) is 0 Å². The van der Waals surface area contributed by atoms with Crippen LogP contribution in [0.5, 0.6) is 0 Å². The molecule has 0 amide bonds. The lowest BCUT2D eigenvalue weighted by atomic mass is 9.78. The minimum absolute atomic E-state index is 0.344.